The minimum atomic E-state index is -0.493. The molecule has 5 nitrogen and oxygen atoms in total. The summed E-state index contributed by atoms with van der Waals surface area (Å²) in [5.74, 6) is 0.243. The SMILES string of the molecule is CN1CCN(C(=O)C2(c3nccc4ccccc34)CC2)CCC1=O. The largest absolute Gasteiger partial charge is 0.344 e. The van der Waals surface area contributed by atoms with Gasteiger partial charge in [-0.15, -0.1) is 0 Å². The number of fused-ring (bicyclic) bond motifs is 1. The topological polar surface area (TPSA) is 53.5 Å². The maximum Gasteiger partial charge on any atom is 0.234 e. The smallest absolute Gasteiger partial charge is 0.234 e. The van der Waals surface area contributed by atoms with Gasteiger partial charge in [0, 0.05) is 44.7 Å². The second-order valence-corrected chi connectivity index (χ2v) is 6.82. The van der Waals surface area contributed by atoms with Crippen LogP contribution in [-0.2, 0) is 15.0 Å². The maximum absolute atomic E-state index is 13.2. The molecule has 0 radical (unpaired) electrons. The lowest BCUT2D eigenvalue weighted by Crippen LogP contribution is -2.41. The maximum atomic E-state index is 13.2. The Labute approximate surface area is 141 Å². The molecule has 2 heterocycles. The summed E-state index contributed by atoms with van der Waals surface area (Å²) in [5, 5.41) is 2.18. The van der Waals surface area contributed by atoms with Crippen molar-refractivity contribution in [3.05, 3.63) is 42.2 Å². The van der Waals surface area contributed by atoms with Crippen LogP contribution in [0.5, 0.6) is 0 Å². The second-order valence-electron chi connectivity index (χ2n) is 6.82. The van der Waals surface area contributed by atoms with Crippen LogP contribution in [0.2, 0.25) is 0 Å². The molecule has 2 aliphatic rings. The van der Waals surface area contributed by atoms with Crippen molar-refractivity contribution in [2.75, 3.05) is 26.7 Å². The number of hydrogen-bond donors (Lipinski definition) is 0. The molecule has 2 aromatic rings. The van der Waals surface area contributed by atoms with Gasteiger partial charge >= 0.3 is 0 Å². The molecular formula is C19H21N3O2. The fourth-order valence-corrected chi connectivity index (χ4v) is 3.61. The summed E-state index contributed by atoms with van der Waals surface area (Å²) in [7, 11) is 1.80. The van der Waals surface area contributed by atoms with E-state index >= 15 is 0 Å². The van der Waals surface area contributed by atoms with Gasteiger partial charge in [-0.25, -0.2) is 0 Å². The number of nitrogens with zero attached hydrogens (tertiary/aromatic N) is 3. The summed E-state index contributed by atoms with van der Waals surface area (Å²) in [6.45, 7) is 1.71. The Bertz CT molecular complexity index is 808. The molecule has 0 atom stereocenters. The van der Waals surface area contributed by atoms with Gasteiger partial charge in [0.25, 0.3) is 0 Å². The number of carbonyl (C=O) groups is 2. The van der Waals surface area contributed by atoms with Crippen molar-refractivity contribution < 1.29 is 9.59 Å². The van der Waals surface area contributed by atoms with E-state index in [4.69, 9.17) is 0 Å². The lowest BCUT2D eigenvalue weighted by molar-refractivity contribution is -0.133. The molecule has 0 bridgehead atoms. The number of likely N-dealkylation sites (N-methyl/N-ethyl adjacent to an activating group) is 1. The van der Waals surface area contributed by atoms with E-state index in [2.05, 4.69) is 11.1 Å². The summed E-state index contributed by atoms with van der Waals surface area (Å²) >= 11 is 0. The highest BCUT2D eigenvalue weighted by Gasteiger charge is 2.55. The van der Waals surface area contributed by atoms with E-state index in [1.165, 1.54) is 0 Å². The third kappa shape index (κ3) is 2.35. The van der Waals surface area contributed by atoms with Gasteiger partial charge in [0.1, 0.15) is 0 Å². The minimum absolute atomic E-state index is 0.110. The summed E-state index contributed by atoms with van der Waals surface area (Å²) in [6.07, 6.45) is 3.88. The summed E-state index contributed by atoms with van der Waals surface area (Å²) < 4.78 is 0. The highest BCUT2D eigenvalue weighted by atomic mass is 16.2. The van der Waals surface area contributed by atoms with Crippen LogP contribution >= 0.6 is 0 Å². The van der Waals surface area contributed by atoms with Crippen molar-refractivity contribution in [3.63, 3.8) is 0 Å². The van der Waals surface area contributed by atoms with Gasteiger partial charge < -0.3 is 9.80 Å². The van der Waals surface area contributed by atoms with Crippen LogP contribution in [-0.4, -0.2) is 53.3 Å². The van der Waals surface area contributed by atoms with Crippen LogP contribution in [0.1, 0.15) is 25.0 Å². The first-order valence-electron chi connectivity index (χ1n) is 8.49. The van der Waals surface area contributed by atoms with Crippen LogP contribution in [0.25, 0.3) is 10.8 Å². The number of rotatable bonds is 2. The standard InChI is InChI=1S/C19H21N3O2/c1-21-12-13-22(11-7-16(21)23)18(24)19(8-9-19)17-15-5-3-2-4-14(15)6-10-20-17/h2-6,10H,7-9,11-13H2,1H3. The van der Waals surface area contributed by atoms with Crippen LogP contribution in [0.3, 0.4) is 0 Å². The molecule has 1 aliphatic heterocycles. The Kier molecular flexibility index (Phi) is 3.52. The van der Waals surface area contributed by atoms with E-state index in [1.807, 2.05) is 29.2 Å². The number of amides is 2. The molecule has 5 heteroatoms. The Morgan fingerprint density at radius 3 is 2.71 bits per heavy atom. The fourth-order valence-electron chi connectivity index (χ4n) is 3.61. The molecule has 4 rings (SSSR count). The van der Waals surface area contributed by atoms with Gasteiger partial charge in [0.2, 0.25) is 11.8 Å². The van der Waals surface area contributed by atoms with Gasteiger partial charge in [-0.05, 0) is 24.3 Å². The van der Waals surface area contributed by atoms with E-state index in [0.717, 1.165) is 29.3 Å². The second kappa shape index (κ2) is 5.58. The van der Waals surface area contributed by atoms with Crippen molar-refractivity contribution in [1.29, 1.82) is 0 Å². The van der Waals surface area contributed by atoms with Crippen molar-refractivity contribution in [2.24, 2.45) is 0 Å². The molecule has 124 valence electrons. The van der Waals surface area contributed by atoms with Crippen LogP contribution in [0.4, 0.5) is 0 Å². The molecular weight excluding hydrogens is 302 g/mol. The van der Waals surface area contributed by atoms with Crippen LogP contribution < -0.4 is 0 Å². The number of benzene rings is 1. The van der Waals surface area contributed by atoms with Crippen molar-refractivity contribution >= 4 is 22.6 Å². The Morgan fingerprint density at radius 1 is 1.12 bits per heavy atom. The predicted molar refractivity (Wildman–Crippen MR) is 91.5 cm³/mol. The lowest BCUT2D eigenvalue weighted by atomic mass is 9.94. The third-order valence-electron chi connectivity index (χ3n) is 5.30. The van der Waals surface area contributed by atoms with E-state index in [1.54, 1.807) is 18.1 Å². The first-order valence-corrected chi connectivity index (χ1v) is 8.49. The zero-order valence-corrected chi connectivity index (χ0v) is 13.9. The molecule has 0 unspecified atom stereocenters. The highest BCUT2D eigenvalue weighted by Crippen LogP contribution is 2.50. The Balaban J connectivity index is 1.67. The quantitative estimate of drug-likeness (QED) is 0.849. The molecule has 1 aromatic heterocycles. The normalized spacial score (nSPS) is 20.1. The van der Waals surface area contributed by atoms with Gasteiger partial charge in [-0.2, -0.15) is 0 Å². The van der Waals surface area contributed by atoms with E-state index in [0.29, 0.717) is 26.1 Å². The van der Waals surface area contributed by atoms with E-state index in [-0.39, 0.29) is 11.8 Å². The Morgan fingerprint density at radius 2 is 1.92 bits per heavy atom. The van der Waals surface area contributed by atoms with Crippen LogP contribution in [0, 0.1) is 0 Å². The summed E-state index contributed by atoms with van der Waals surface area (Å²) in [4.78, 5) is 33.3. The van der Waals surface area contributed by atoms with Crippen molar-refractivity contribution in [3.8, 4) is 0 Å². The molecule has 1 saturated heterocycles. The molecule has 2 fully saturated rings. The van der Waals surface area contributed by atoms with Gasteiger partial charge in [-0.3, -0.25) is 14.6 Å². The number of hydrogen-bond acceptors (Lipinski definition) is 3. The fraction of sp³-hybridized carbons (Fsp3) is 0.421. The molecule has 1 saturated carbocycles. The third-order valence-corrected chi connectivity index (χ3v) is 5.30. The minimum Gasteiger partial charge on any atom is -0.344 e. The first kappa shape index (κ1) is 15.1. The average molecular weight is 323 g/mol. The van der Waals surface area contributed by atoms with Gasteiger partial charge in [0.05, 0.1) is 11.1 Å². The molecule has 0 N–H and O–H groups in total. The summed E-state index contributed by atoms with van der Waals surface area (Å²) in [5.41, 5.74) is 0.404. The number of pyridine rings is 1. The monoisotopic (exact) mass is 323 g/mol. The Hall–Kier alpha value is -2.43. The van der Waals surface area contributed by atoms with Crippen LogP contribution in [0.15, 0.2) is 36.5 Å². The zero-order valence-electron chi connectivity index (χ0n) is 13.9. The summed E-state index contributed by atoms with van der Waals surface area (Å²) in [6, 6.07) is 10.1. The average Bonchev–Trinajstić information content (AvgIpc) is 3.42. The first-order chi connectivity index (χ1) is 11.6. The van der Waals surface area contributed by atoms with E-state index in [9.17, 15) is 9.59 Å². The molecule has 1 aliphatic carbocycles. The van der Waals surface area contributed by atoms with E-state index < -0.39 is 5.41 Å². The molecule has 0 spiro atoms. The molecule has 24 heavy (non-hydrogen) atoms. The van der Waals surface area contributed by atoms with Gasteiger partial charge in [-0.1, -0.05) is 24.3 Å². The predicted octanol–water partition coefficient (Wildman–Crippen LogP) is 1.96. The molecule has 1 aromatic carbocycles. The zero-order chi connectivity index (χ0) is 16.7. The lowest BCUT2D eigenvalue weighted by Gasteiger charge is -2.26. The highest BCUT2D eigenvalue weighted by molar-refractivity contribution is 5.97. The number of carbonyl (C=O) groups excluding carboxylic acids is 2. The van der Waals surface area contributed by atoms with Crippen molar-refractivity contribution in [2.45, 2.75) is 24.7 Å². The molecule has 2 amide bonds. The number of aromatic nitrogens is 1. The van der Waals surface area contributed by atoms with Crippen molar-refractivity contribution in [1.82, 2.24) is 14.8 Å². The van der Waals surface area contributed by atoms with Gasteiger partial charge in [0.15, 0.2) is 0 Å².